The minimum atomic E-state index is -0.190. The van der Waals surface area contributed by atoms with Gasteiger partial charge in [0.05, 0.1) is 0 Å². The van der Waals surface area contributed by atoms with Crippen LogP contribution in [-0.4, -0.2) is 17.9 Å². The molecular formula is C21H36O3. The highest BCUT2D eigenvalue weighted by Gasteiger charge is 2.09. The molecule has 0 radical (unpaired) electrons. The normalized spacial score (nSPS) is 12.8. The number of rotatable bonds is 15. The Morgan fingerprint density at radius 1 is 0.917 bits per heavy atom. The highest BCUT2D eigenvalue weighted by Crippen LogP contribution is 2.12. The number of esters is 1. The molecule has 0 aliphatic rings. The molecule has 0 saturated carbocycles. The summed E-state index contributed by atoms with van der Waals surface area (Å²) in [6.45, 7) is 5.33. The molecule has 0 bridgehead atoms. The Labute approximate surface area is 148 Å². The number of ketones is 1. The van der Waals surface area contributed by atoms with Gasteiger partial charge >= 0.3 is 5.97 Å². The van der Waals surface area contributed by atoms with Crippen molar-refractivity contribution in [2.24, 2.45) is 0 Å². The van der Waals surface area contributed by atoms with Gasteiger partial charge in [-0.1, -0.05) is 56.9 Å². The van der Waals surface area contributed by atoms with Crippen LogP contribution in [0.1, 0.15) is 91.4 Å². The zero-order chi connectivity index (χ0) is 18.0. The standard InChI is InChI=1S/C21H36O3/c1-4-5-6-14-17-21(24-20(3)23)18-15-12-10-8-7-9-11-13-16-19(2)22/h8,10,12,15,21H,4-7,9,11,13-14,16-18H2,1-3H3. The topological polar surface area (TPSA) is 43.4 Å². The molecule has 0 fully saturated rings. The van der Waals surface area contributed by atoms with Gasteiger partial charge in [-0.3, -0.25) is 4.79 Å². The van der Waals surface area contributed by atoms with Crippen molar-refractivity contribution in [1.82, 2.24) is 0 Å². The van der Waals surface area contributed by atoms with E-state index < -0.39 is 0 Å². The molecule has 24 heavy (non-hydrogen) atoms. The molecule has 0 aromatic rings. The maximum atomic E-state index is 11.2. The first kappa shape index (κ1) is 22.6. The Balaban J connectivity index is 3.84. The van der Waals surface area contributed by atoms with E-state index in [2.05, 4.69) is 25.2 Å². The third kappa shape index (κ3) is 17.0. The predicted molar refractivity (Wildman–Crippen MR) is 101 cm³/mol. The molecule has 0 aromatic heterocycles. The van der Waals surface area contributed by atoms with E-state index in [1.165, 1.54) is 26.2 Å². The lowest BCUT2D eigenvalue weighted by Crippen LogP contribution is -2.15. The molecule has 138 valence electrons. The SMILES string of the molecule is CCCCCCC(CC=CC=CCCCCCC(C)=O)OC(C)=O. The minimum absolute atomic E-state index is 0.00980. The quantitative estimate of drug-likeness (QED) is 0.211. The second-order valence-electron chi connectivity index (χ2n) is 6.47. The number of carbonyl (C=O) groups excluding carboxylic acids is 2. The van der Waals surface area contributed by atoms with Crippen molar-refractivity contribution >= 4 is 11.8 Å². The van der Waals surface area contributed by atoms with E-state index in [9.17, 15) is 9.59 Å². The zero-order valence-electron chi connectivity index (χ0n) is 15.9. The molecule has 3 nitrogen and oxygen atoms in total. The summed E-state index contributed by atoms with van der Waals surface area (Å²) in [6, 6.07) is 0. The molecule has 1 unspecified atom stereocenters. The summed E-state index contributed by atoms with van der Waals surface area (Å²) < 4.78 is 5.38. The lowest BCUT2D eigenvalue weighted by atomic mass is 10.1. The molecule has 1 atom stereocenters. The van der Waals surface area contributed by atoms with Crippen molar-refractivity contribution in [2.75, 3.05) is 0 Å². The molecule has 0 rings (SSSR count). The monoisotopic (exact) mass is 336 g/mol. The van der Waals surface area contributed by atoms with Crippen LogP contribution in [0.15, 0.2) is 24.3 Å². The average molecular weight is 337 g/mol. The Bertz CT molecular complexity index is 383. The summed E-state index contributed by atoms with van der Waals surface area (Å²) in [6.07, 6.45) is 19.9. The summed E-state index contributed by atoms with van der Waals surface area (Å²) in [5.74, 6) is 0.0931. The van der Waals surface area contributed by atoms with E-state index in [-0.39, 0.29) is 17.9 Å². The third-order valence-corrected chi connectivity index (χ3v) is 3.89. The van der Waals surface area contributed by atoms with Gasteiger partial charge in [0.15, 0.2) is 0 Å². The van der Waals surface area contributed by atoms with Crippen molar-refractivity contribution < 1.29 is 14.3 Å². The Morgan fingerprint density at radius 3 is 2.29 bits per heavy atom. The van der Waals surface area contributed by atoms with Crippen LogP contribution in [0.3, 0.4) is 0 Å². The van der Waals surface area contributed by atoms with E-state index in [0.29, 0.717) is 6.42 Å². The van der Waals surface area contributed by atoms with Gasteiger partial charge in [-0.15, -0.1) is 0 Å². The molecule has 0 aliphatic carbocycles. The molecule has 0 aromatic carbocycles. The Kier molecular flexibility index (Phi) is 15.5. The lowest BCUT2D eigenvalue weighted by Gasteiger charge is -2.14. The molecular weight excluding hydrogens is 300 g/mol. The number of unbranched alkanes of at least 4 members (excludes halogenated alkanes) is 6. The summed E-state index contributed by atoms with van der Waals surface area (Å²) in [5, 5.41) is 0. The van der Waals surface area contributed by atoms with E-state index in [4.69, 9.17) is 4.74 Å². The molecule has 3 heteroatoms. The molecule has 0 heterocycles. The smallest absolute Gasteiger partial charge is 0.302 e. The van der Waals surface area contributed by atoms with Crippen molar-refractivity contribution in [2.45, 2.75) is 97.5 Å². The molecule has 0 spiro atoms. The summed E-state index contributed by atoms with van der Waals surface area (Å²) in [4.78, 5) is 22.0. The van der Waals surface area contributed by atoms with Gasteiger partial charge < -0.3 is 9.53 Å². The van der Waals surface area contributed by atoms with Gasteiger partial charge in [0.1, 0.15) is 11.9 Å². The molecule has 0 amide bonds. The fraction of sp³-hybridized carbons (Fsp3) is 0.714. The Morgan fingerprint density at radius 2 is 1.62 bits per heavy atom. The number of carbonyl (C=O) groups is 2. The van der Waals surface area contributed by atoms with E-state index in [0.717, 1.165) is 44.9 Å². The maximum Gasteiger partial charge on any atom is 0.302 e. The number of ether oxygens (including phenoxy) is 1. The van der Waals surface area contributed by atoms with E-state index in [1.807, 2.05) is 6.08 Å². The number of Topliss-reactive ketones (excluding diaryl/α,β-unsaturated/α-hetero) is 1. The molecule has 0 aliphatic heterocycles. The summed E-state index contributed by atoms with van der Waals surface area (Å²) >= 11 is 0. The summed E-state index contributed by atoms with van der Waals surface area (Å²) in [5.41, 5.74) is 0. The lowest BCUT2D eigenvalue weighted by molar-refractivity contribution is -0.146. The first-order valence-electron chi connectivity index (χ1n) is 9.54. The van der Waals surface area contributed by atoms with Gasteiger partial charge in [0.25, 0.3) is 0 Å². The van der Waals surface area contributed by atoms with Crippen LogP contribution in [0, 0.1) is 0 Å². The van der Waals surface area contributed by atoms with Gasteiger partial charge in [-0.2, -0.15) is 0 Å². The number of hydrogen-bond donors (Lipinski definition) is 0. The fourth-order valence-electron chi connectivity index (χ4n) is 2.56. The van der Waals surface area contributed by atoms with E-state index in [1.54, 1.807) is 6.92 Å². The van der Waals surface area contributed by atoms with Crippen LogP contribution < -0.4 is 0 Å². The fourth-order valence-corrected chi connectivity index (χ4v) is 2.56. The van der Waals surface area contributed by atoms with E-state index >= 15 is 0 Å². The van der Waals surface area contributed by atoms with Crippen molar-refractivity contribution in [3.8, 4) is 0 Å². The van der Waals surface area contributed by atoms with Crippen molar-refractivity contribution in [3.05, 3.63) is 24.3 Å². The maximum absolute atomic E-state index is 11.2. The predicted octanol–water partition coefficient (Wildman–Crippen LogP) is 5.93. The van der Waals surface area contributed by atoms with Crippen molar-refractivity contribution in [3.63, 3.8) is 0 Å². The third-order valence-electron chi connectivity index (χ3n) is 3.89. The average Bonchev–Trinajstić information content (AvgIpc) is 2.52. The molecule has 0 N–H and O–H groups in total. The summed E-state index contributed by atoms with van der Waals surface area (Å²) in [7, 11) is 0. The number of hydrogen-bond acceptors (Lipinski definition) is 3. The van der Waals surface area contributed by atoms with Crippen LogP contribution in [0.2, 0.25) is 0 Å². The van der Waals surface area contributed by atoms with Gasteiger partial charge in [-0.05, 0) is 39.0 Å². The van der Waals surface area contributed by atoms with Crippen LogP contribution in [-0.2, 0) is 14.3 Å². The van der Waals surface area contributed by atoms with Gasteiger partial charge in [-0.25, -0.2) is 0 Å². The second kappa shape index (κ2) is 16.5. The zero-order valence-corrected chi connectivity index (χ0v) is 15.9. The van der Waals surface area contributed by atoms with Crippen LogP contribution in [0.4, 0.5) is 0 Å². The highest BCUT2D eigenvalue weighted by atomic mass is 16.5. The van der Waals surface area contributed by atoms with Crippen LogP contribution in [0.25, 0.3) is 0 Å². The second-order valence-corrected chi connectivity index (χ2v) is 6.47. The van der Waals surface area contributed by atoms with Gasteiger partial charge in [0.2, 0.25) is 0 Å². The highest BCUT2D eigenvalue weighted by molar-refractivity contribution is 5.75. The number of allylic oxidation sites excluding steroid dienone is 3. The molecule has 0 saturated heterocycles. The van der Waals surface area contributed by atoms with Crippen molar-refractivity contribution in [1.29, 1.82) is 0 Å². The van der Waals surface area contributed by atoms with Gasteiger partial charge in [0, 0.05) is 19.8 Å². The Hall–Kier alpha value is -1.38. The minimum Gasteiger partial charge on any atom is -0.462 e. The first-order valence-corrected chi connectivity index (χ1v) is 9.54. The largest absolute Gasteiger partial charge is 0.462 e. The van der Waals surface area contributed by atoms with Crippen LogP contribution >= 0.6 is 0 Å². The first-order chi connectivity index (χ1) is 11.6. The van der Waals surface area contributed by atoms with Crippen LogP contribution in [0.5, 0.6) is 0 Å².